The number of nitrogens with zero attached hydrogens (tertiary/aromatic N) is 1. The Morgan fingerprint density at radius 1 is 1.19 bits per heavy atom. The quantitative estimate of drug-likeness (QED) is 0.643. The first-order valence-corrected chi connectivity index (χ1v) is 13.6. The third-order valence-corrected chi connectivity index (χ3v) is 9.95. The fourth-order valence-corrected chi connectivity index (χ4v) is 7.69. The van der Waals surface area contributed by atoms with Crippen molar-refractivity contribution in [3.8, 4) is 5.75 Å². The van der Waals surface area contributed by atoms with Gasteiger partial charge in [-0.1, -0.05) is 12.1 Å². The summed E-state index contributed by atoms with van der Waals surface area (Å²) in [6.45, 7) is 0. The van der Waals surface area contributed by atoms with Crippen LogP contribution < -0.4 is 10.1 Å². The predicted octanol–water partition coefficient (Wildman–Crippen LogP) is 2.48. The van der Waals surface area contributed by atoms with Crippen molar-refractivity contribution in [2.24, 2.45) is 0 Å². The van der Waals surface area contributed by atoms with E-state index < -0.39 is 25.8 Å². The lowest BCUT2D eigenvalue weighted by molar-refractivity contribution is 0.102. The molecule has 0 bridgehead atoms. The lowest BCUT2D eigenvalue weighted by atomic mass is 10.2. The number of carbonyl (C=O) groups is 1. The van der Waals surface area contributed by atoms with Gasteiger partial charge in [0.05, 0.1) is 34.8 Å². The zero-order chi connectivity index (χ0) is 22.8. The van der Waals surface area contributed by atoms with E-state index in [-0.39, 0.29) is 27.3 Å². The Hall–Kier alpha value is -2.08. The number of hydrogen-bond donors (Lipinski definition) is 1. The normalized spacial score (nSPS) is 18.1. The number of sulfone groups is 1. The van der Waals surface area contributed by atoms with Gasteiger partial charge < -0.3 is 10.1 Å². The topological polar surface area (TPSA) is 110 Å². The second-order valence-corrected chi connectivity index (χ2v) is 13.0. The summed E-state index contributed by atoms with van der Waals surface area (Å²) >= 11 is 1.37. The first-order chi connectivity index (χ1) is 14.5. The highest BCUT2D eigenvalue weighted by atomic mass is 32.2. The Balaban J connectivity index is 1.88. The lowest BCUT2D eigenvalue weighted by Crippen LogP contribution is -2.22. The molecule has 1 amide bonds. The van der Waals surface area contributed by atoms with E-state index in [9.17, 15) is 21.6 Å². The Morgan fingerprint density at radius 2 is 1.90 bits per heavy atom. The van der Waals surface area contributed by atoms with Crippen molar-refractivity contribution in [2.45, 2.75) is 21.5 Å². The van der Waals surface area contributed by atoms with E-state index in [0.717, 1.165) is 4.31 Å². The summed E-state index contributed by atoms with van der Waals surface area (Å²) in [5, 5.41) is 2.62. The molecule has 1 unspecified atom stereocenters. The molecular formula is C20H24N2O6S3. The number of carbonyl (C=O) groups excluding carboxylic acids is 1. The Kier molecular flexibility index (Phi) is 6.99. The van der Waals surface area contributed by atoms with Gasteiger partial charge in [0, 0.05) is 24.2 Å². The highest BCUT2D eigenvalue weighted by Crippen LogP contribution is 2.34. The molecule has 2 aromatic carbocycles. The second-order valence-electron chi connectivity index (χ2n) is 7.24. The molecule has 31 heavy (non-hydrogen) atoms. The largest absolute Gasteiger partial charge is 0.495 e. The summed E-state index contributed by atoms with van der Waals surface area (Å²) in [5.41, 5.74) is 0.596. The van der Waals surface area contributed by atoms with Crippen molar-refractivity contribution >= 4 is 43.2 Å². The second kappa shape index (κ2) is 9.19. The van der Waals surface area contributed by atoms with Crippen molar-refractivity contribution in [3.05, 3.63) is 48.0 Å². The minimum Gasteiger partial charge on any atom is -0.495 e. The predicted molar refractivity (Wildman–Crippen MR) is 121 cm³/mol. The van der Waals surface area contributed by atoms with E-state index >= 15 is 0 Å². The van der Waals surface area contributed by atoms with Gasteiger partial charge >= 0.3 is 0 Å². The van der Waals surface area contributed by atoms with Crippen LogP contribution in [-0.2, 0) is 19.9 Å². The maximum Gasteiger partial charge on any atom is 0.256 e. The van der Waals surface area contributed by atoms with Gasteiger partial charge in [-0.25, -0.2) is 21.1 Å². The van der Waals surface area contributed by atoms with Crippen LogP contribution in [0.4, 0.5) is 5.69 Å². The summed E-state index contributed by atoms with van der Waals surface area (Å²) in [6, 6.07) is 11.2. The highest BCUT2D eigenvalue weighted by Gasteiger charge is 2.29. The van der Waals surface area contributed by atoms with Gasteiger partial charge in [-0.2, -0.15) is 0 Å². The number of sulfonamides is 1. The fraction of sp³-hybridized carbons (Fsp3) is 0.350. The monoisotopic (exact) mass is 484 g/mol. The molecule has 0 aromatic heterocycles. The third-order valence-electron chi connectivity index (χ3n) is 4.81. The highest BCUT2D eigenvalue weighted by molar-refractivity contribution is 8.02. The van der Waals surface area contributed by atoms with E-state index in [2.05, 4.69) is 5.32 Å². The van der Waals surface area contributed by atoms with Crippen LogP contribution in [0, 0.1) is 0 Å². The molecule has 8 nitrogen and oxygen atoms in total. The first-order valence-electron chi connectivity index (χ1n) is 9.41. The van der Waals surface area contributed by atoms with Gasteiger partial charge in [0.25, 0.3) is 5.91 Å². The van der Waals surface area contributed by atoms with Crippen molar-refractivity contribution < 1.29 is 26.4 Å². The summed E-state index contributed by atoms with van der Waals surface area (Å²) in [6.07, 6.45) is 0.543. The zero-order valence-electron chi connectivity index (χ0n) is 17.4. The molecule has 1 aliphatic rings. The fourth-order valence-electron chi connectivity index (χ4n) is 3.14. The number of rotatable bonds is 7. The lowest BCUT2D eigenvalue weighted by Gasteiger charge is -2.16. The zero-order valence-corrected chi connectivity index (χ0v) is 19.8. The van der Waals surface area contributed by atoms with Crippen LogP contribution in [0.2, 0.25) is 0 Å². The Morgan fingerprint density at radius 3 is 2.52 bits per heavy atom. The minimum absolute atomic E-state index is 0.0208. The number of hydrogen-bond acceptors (Lipinski definition) is 7. The minimum atomic E-state index is -3.69. The van der Waals surface area contributed by atoms with Gasteiger partial charge in [-0.05, 0) is 36.8 Å². The SMILES string of the molecule is COc1ccc(S(=O)(=O)N(C)C)cc1NC(=O)c1ccccc1SC1CCS(=O)(=O)C1. The van der Waals surface area contributed by atoms with Crippen molar-refractivity contribution in [1.29, 1.82) is 0 Å². The van der Waals surface area contributed by atoms with Gasteiger partial charge in [-0.15, -0.1) is 11.8 Å². The van der Waals surface area contributed by atoms with Gasteiger partial charge in [0.2, 0.25) is 10.0 Å². The molecule has 1 atom stereocenters. The molecule has 1 aliphatic heterocycles. The van der Waals surface area contributed by atoms with Crippen LogP contribution in [0.5, 0.6) is 5.75 Å². The maximum atomic E-state index is 13.0. The molecule has 168 valence electrons. The van der Waals surface area contributed by atoms with Gasteiger partial charge in [0.15, 0.2) is 9.84 Å². The molecule has 3 rings (SSSR count). The summed E-state index contributed by atoms with van der Waals surface area (Å²) < 4.78 is 54.8. The average Bonchev–Trinajstić information content (AvgIpc) is 3.06. The standard InChI is InChI=1S/C20H24N2O6S3/c1-22(2)31(26,27)15-8-9-18(28-3)17(12-15)21-20(23)16-6-4-5-7-19(16)29-14-10-11-30(24,25)13-14/h4-9,12,14H,10-11,13H2,1-3H3,(H,21,23). The summed E-state index contributed by atoms with van der Waals surface area (Å²) in [7, 11) is -2.45. The molecule has 1 heterocycles. The molecule has 11 heteroatoms. The Labute approximate surface area is 186 Å². The molecule has 0 aliphatic carbocycles. The summed E-state index contributed by atoms with van der Waals surface area (Å²) in [5.74, 6) is 0.120. The average molecular weight is 485 g/mol. The van der Waals surface area contributed by atoms with Crippen molar-refractivity contribution in [3.63, 3.8) is 0 Å². The molecule has 2 aromatic rings. The van der Waals surface area contributed by atoms with E-state index in [0.29, 0.717) is 22.6 Å². The molecule has 1 N–H and O–H groups in total. The Bertz CT molecular complexity index is 1190. The number of benzene rings is 2. The van der Waals surface area contributed by atoms with Crippen LogP contribution >= 0.6 is 11.8 Å². The maximum absolute atomic E-state index is 13.0. The van der Waals surface area contributed by atoms with Crippen LogP contribution in [0.15, 0.2) is 52.3 Å². The van der Waals surface area contributed by atoms with Crippen molar-refractivity contribution in [1.82, 2.24) is 4.31 Å². The van der Waals surface area contributed by atoms with Crippen LogP contribution in [0.3, 0.4) is 0 Å². The number of anilines is 1. The number of nitrogens with one attached hydrogen (secondary N) is 1. The molecule has 1 fully saturated rings. The van der Waals surface area contributed by atoms with Crippen LogP contribution in [0.25, 0.3) is 0 Å². The number of thioether (sulfide) groups is 1. The van der Waals surface area contributed by atoms with Crippen LogP contribution in [0.1, 0.15) is 16.8 Å². The molecule has 1 saturated heterocycles. The number of amides is 1. The molecule has 0 radical (unpaired) electrons. The van der Waals surface area contributed by atoms with E-state index in [4.69, 9.17) is 4.74 Å². The van der Waals surface area contributed by atoms with E-state index in [1.54, 1.807) is 24.3 Å². The first kappa shape index (κ1) is 23.6. The van der Waals surface area contributed by atoms with Crippen LogP contribution in [-0.4, -0.2) is 65.0 Å². The third kappa shape index (κ3) is 5.40. The van der Waals surface area contributed by atoms with E-state index in [1.165, 1.54) is 51.2 Å². The summed E-state index contributed by atoms with van der Waals surface area (Å²) in [4.78, 5) is 13.7. The smallest absolute Gasteiger partial charge is 0.256 e. The van der Waals surface area contributed by atoms with Crippen molar-refractivity contribution in [2.75, 3.05) is 38.0 Å². The molecule has 0 saturated carbocycles. The molecular weight excluding hydrogens is 460 g/mol. The number of methoxy groups -OCH3 is 1. The van der Waals surface area contributed by atoms with Gasteiger partial charge in [-0.3, -0.25) is 4.79 Å². The molecule has 0 spiro atoms. The van der Waals surface area contributed by atoms with E-state index in [1.807, 2.05) is 0 Å². The number of ether oxygens (including phenoxy) is 1. The van der Waals surface area contributed by atoms with Gasteiger partial charge in [0.1, 0.15) is 5.75 Å².